The highest BCUT2D eigenvalue weighted by Crippen LogP contribution is 2.28. The maximum Gasteiger partial charge on any atom is 0.0789 e. The molecule has 1 aromatic heterocycles. The number of ether oxygens (including phenoxy) is 1. The van der Waals surface area contributed by atoms with Crippen LogP contribution in [-0.2, 0) is 24.6 Å². The molecule has 0 aromatic carbocycles. The first-order valence-corrected chi connectivity index (χ1v) is 7.74. The van der Waals surface area contributed by atoms with E-state index < -0.39 is 0 Å². The van der Waals surface area contributed by atoms with Gasteiger partial charge < -0.3 is 4.74 Å². The molecule has 1 rings (SSSR count). The Balaban J connectivity index is 3.02. The molecular weight excluding hydrogens is 320 g/mol. The molecule has 0 aliphatic rings. The van der Waals surface area contributed by atoms with Crippen LogP contribution in [0.2, 0.25) is 0 Å². The summed E-state index contributed by atoms with van der Waals surface area (Å²) in [6.07, 6.45) is 1.68. The summed E-state index contributed by atoms with van der Waals surface area (Å²) in [6, 6.07) is 0.0245. The number of nitrogens with one attached hydrogen (secondary N) is 1. The highest BCUT2D eigenvalue weighted by Gasteiger charge is 2.33. The summed E-state index contributed by atoms with van der Waals surface area (Å²) in [5.41, 5.74) is 5.11. The van der Waals surface area contributed by atoms with Crippen LogP contribution in [0.5, 0.6) is 0 Å². The quantitative estimate of drug-likeness (QED) is 0.612. The van der Waals surface area contributed by atoms with Gasteiger partial charge in [-0.15, -0.1) is 0 Å². The molecule has 20 heavy (non-hydrogen) atoms. The average Bonchev–Trinajstić information content (AvgIpc) is 2.63. The molecule has 0 aliphatic carbocycles. The van der Waals surface area contributed by atoms with Crippen LogP contribution in [0.25, 0.3) is 0 Å². The van der Waals surface area contributed by atoms with Gasteiger partial charge in [0.05, 0.1) is 28.0 Å². The molecule has 0 radical (unpaired) electrons. The second kappa shape index (κ2) is 7.02. The lowest BCUT2D eigenvalue weighted by molar-refractivity contribution is -0.0114. The first-order valence-electron chi connectivity index (χ1n) is 6.95. The number of hydrogen-bond donors (Lipinski definition) is 2. The lowest BCUT2D eigenvalue weighted by Gasteiger charge is -2.35. The SMILES string of the molecule is CCc1nn(C)c(CC(NN)C(OC)C(C)(C)C)c1Br. The van der Waals surface area contributed by atoms with Gasteiger partial charge in [-0.2, -0.15) is 5.10 Å². The molecule has 0 aliphatic heterocycles. The van der Waals surface area contributed by atoms with Crippen molar-refractivity contribution >= 4 is 15.9 Å². The van der Waals surface area contributed by atoms with Crippen molar-refractivity contribution in [2.24, 2.45) is 18.3 Å². The van der Waals surface area contributed by atoms with Crippen LogP contribution in [0.3, 0.4) is 0 Å². The van der Waals surface area contributed by atoms with Gasteiger partial charge in [-0.05, 0) is 27.8 Å². The number of aryl methyl sites for hydroxylation is 2. The molecule has 116 valence electrons. The summed E-state index contributed by atoms with van der Waals surface area (Å²) in [7, 11) is 3.70. The van der Waals surface area contributed by atoms with Gasteiger partial charge in [-0.1, -0.05) is 27.7 Å². The Labute approximate surface area is 130 Å². The van der Waals surface area contributed by atoms with Gasteiger partial charge in [-0.25, -0.2) is 0 Å². The van der Waals surface area contributed by atoms with Gasteiger partial charge in [0.15, 0.2) is 0 Å². The van der Waals surface area contributed by atoms with Crippen molar-refractivity contribution in [3.8, 4) is 0 Å². The second-order valence-electron chi connectivity index (χ2n) is 6.18. The van der Waals surface area contributed by atoms with Crippen molar-refractivity contribution < 1.29 is 4.74 Å². The fourth-order valence-electron chi connectivity index (χ4n) is 2.62. The van der Waals surface area contributed by atoms with Gasteiger partial charge in [0, 0.05) is 20.6 Å². The highest BCUT2D eigenvalue weighted by molar-refractivity contribution is 9.10. The third-order valence-electron chi connectivity index (χ3n) is 3.60. The molecular formula is C14H27BrN4O. The molecule has 6 heteroatoms. The van der Waals surface area contributed by atoms with E-state index in [2.05, 4.69) is 54.1 Å². The molecule has 2 unspecified atom stereocenters. The van der Waals surface area contributed by atoms with Crippen LogP contribution in [0, 0.1) is 5.41 Å². The zero-order valence-corrected chi connectivity index (χ0v) is 14.9. The lowest BCUT2D eigenvalue weighted by Crippen LogP contribution is -2.51. The molecule has 0 fully saturated rings. The van der Waals surface area contributed by atoms with Crippen LogP contribution in [0.1, 0.15) is 39.1 Å². The number of aromatic nitrogens is 2. The molecule has 2 atom stereocenters. The first-order chi connectivity index (χ1) is 9.26. The molecule has 0 amide bonds. The Morgan fingerprint density at radius 1 is 1.45 bits per heavy atom. The Morgan fingerprint density at radius 2 is 2.05 bits per heavy atom. The van der Waals surface area contributed by atoms with E-state index in [1.807, 2.05) is 11.7 Å². The standard InChI is InChI=1S/C14H27BrN4O/c1-7-9-12(15)11(19(5)18-9)8-10(17-16)13(20-6)14(2,3)4/h10,13,17H,7-8,16H2,1-6H3. The van der Waals surface area contributed by atoms with Gasteiger partial charge in [-0.3, -0.25) is 16.0 Å². The number of hydrogen-bond acceptors (Lipinski definition) is 4. The van der Waals surface area contributed by atoms with E-state index >= 15 is 0 Å². The minimum Gasteiger partial charge on any atom is -0.379 e. The number of nitrogens with two attached hydrogens (primary N) is 1. The predicted octanol–water partition coefficient (Wildman–Crippen LogP) is 2.18. The molecule has 0 bridgehead atoms. The van der Waals surface area contributed by atoms with E-state index in [9.17, 15) is 0 Å². The first kappa shape index (κ1) is 17.6. The van der Waals surface area contributed by atoms with Crippen LogP contribution >= 0.6 is 15.9 Å². The number of halogens is 1. The summed E-state index contributed by atoms with van der Waals surface area (Å²) in [6.45, 7) is 8.56. The smallest absolute Gasteiger partial charge is 0.0789 e. The number of rotatable bonds is 6. The number of methoxy groups -OCH3 is 1. The topological polar surface area (TPSA) is 65.1 Å². The van der Waals surface area contributed by atoms with Crippen LogP contribution < -0.4 is 11.3 Å². The van der Waals surface area contributed by atoms with E-state index in [-0.39, 0.29) is 17.6 Å². The van der Waals surface area contributed by atoms with Gasteiger partial charge in [0.1, 0.15) is 0 Å². The van der Waals surface area contributed by atoms with Crippen molar-refractivity contribution in [2.45, 2.75) is 52.7 Å². The monoisotopic (exact) mass is 346 g/mol. The van der Waals surface area contributed by atoms with Crippen molar-refractivity contribution in [3.05, 3.63) is 15.9 Å². The van der Waals surface area contributed by atoms with E-state index in [1.165, 1.54) is 0 Å². The van der Waals surface area contributed by atoms with E-state index in [0.29, 0.717) is 0 Å². The fraction of sp³-hybridized carbons (Fsp3) is 0.786. The van der Waals surface area contributed by atoms with Crippen LogP contribution in [0.15, 0.2) is 4.47 Å². The summed E-state index contributed by atoms with van der Waals surface area (Å²) in [4.78, 5) is 0. The van der Waals surface area contributed by atoms with Crippen molar-refractivity contribution in [2.75, 3.05) is 7.11 Å². The largest absolute Gasteiger partial charge is 0.379 e. The minimum atomic E-state index is 0.00441. The molecule has 1 aromatic rings. The van der Waals surface area contributed by atoms with Gasteiger partial charge >= 0.3 is 0 Å². The van der Waals surface area contributed by atoms with Crippen molar-refractivity contribution in [1.82, 2.24) is 15.2 Å². The molecule has 0 spiro atoms. The van der Waals surface area contributed by atoms with E-state index in [1.54, 1.807) is 7.11 Å². The Morgan fingerprint density at radius 3 is 2.40 bits per heavy atom. The molecule has 0 saturated heterocycles. The van der Waals surface area contributed by atoms with Crippen LogP contribution in [-0.4, -0.2) is 29.0 Å². The summed E-state index contributed by atoms with van der Waals surface area (Å²) in [5.74, 6) is 5.76. The maximum absolute atomic E-state index is 5.76. The van der Waals surface area contributed by atoms with Crippen molar-refractivity contribution in [1.29, 1.82) is 0 Å². The molecule has 5 nitrogen and oxygen atoms in total. The number of hydrazine groups is 1. The lowest BCUT2D eigenvalue weighted by atomic mass is 9.83. The van der Waals surface area contributed by atoms with Gasteiger partial charge in [0.25, 0.3) is 0 Å². The normalized spacial score (nSPS) is 15.4. The summed E-state index contributed by atoms with van der Waals surface area (Å²) >= 11 is 3.65. The zero-order chi connectivity index (χ0) is 15.5. The Kier molecular flexibility index (Phi) is 6.19. The predicted molar refractivity (Wildman–Crippen MR) is 85.4 cm³/mol. The maximum atomic E-state index is 5.76. The highest BCUT2D eigenvalue weighted by atomic mass is 79.9. The Hall–Kier alpha value is -0.430. The Bertz CT molecular complexity index is 439. The van der Waals surface area contributed by atoms with Crippen LogP contribution in [0.4, 0.5) is 0 Å². The van der Waals surface area contributed by atoms with Crippen molar-refractivity contribution in [3.63, 3.8) is 0 Å². The fourth-order valence-corrected chi connectivity index (χ4v) is 3.40. The summed E-state index contributed by atoms with van der Waals surface area (Å²) < 4.78 is 8.66. The van der Waals surface area contributed by atoms with Gasteiger partial charge in [0.2, 0.25) is 0 Å². The third-order valence-corrected chi connectivity index (χ3v) is 4.52. The third kappa shape index (κ3) is 3.81. The molecule has 0 saturated carbocycles. The minimum absolute atomic E-state index is 0.00441. The molecule has 3 N–H and O–H groups in total. The van der Waals surface area contributed by atoms with E-state index in [4.69, 9.17) is 10.6 Å². The second-order valence-corrected chi connectivity index (χ2v) is 6.98. The summed E-state index contributed by atoms with van der Waals surface area (Å²) in [5, 5.41) is 4.52. The zero-order valence-electron chi connectivity index (χ0n) is 13.3. The number of nitrogens with zero attached hydrogens (tertiary/aromatic N) is 2. The average molecular weight is 347 g/mol. The van der Waals surface area contributed by atoms with E-state index in [0.717, 1.165) is 28.7 Å². The molecule has 1 heterocycles.